The van der Waals surface area contributed by atoms with Crippen LogP contribution < -0.4 is 10.1 Å². The van der Waals surface area contributed by atoms with Crippen LogP contribution >= 0.6 is 11.6 Å². The molecule has 0 aliphatic carbocycles. The van der Waals surface area contributed by atoms with Crippen LogP contribution in [0.25, 0.3) is 11.4 Å². The number of alkyl halides is 3. The van der Waals surface area contributed by atoms with E-state index in [0.29, 0.717) is 17.1 Å². The fourth-order valence-corrected chi connectivity index (χ4v) is 2.52. The predicted molar refractivity (Wildman–Crippen MR) is 94.8 cm³/mol. The smallest absolute Gasteiger partial charge is 0.417 e. The lowest BCUT2D eigenvalue weighted by Gasteiger charge is -2.12. The Bertz CT molecular complexity index is 1010. The Kier molecular flexibility index (Phi) is 5.50. The van der Waals surface area contributed by atoms with Crippen molar-refractivity contribution < 1.29 is 22.7 Å². The van der Waals surface area contributed by atoms with E-state index < -0.39 is 29.3 Å². The van der Waals surface area contributed by atoms with E-state index in [-0.39, 0.29) is 5.69 Å². The van der Waals surface area contributed by atoms with E-state index in [9.17, 15) is 18.0 Å². The number of nitrogens with one attached hydrogen (secondary N) is 1. The van der Waals surface area contributed by atoms with Gasteiger partial charge in [-0.3, -0.25) is 4.79 Å². The molecule has 2 aromatic carbocycles. The van der Waals surface area contributed by atoms with Crippen molar-refractivity contribution in [3.63, 3.8) is 0 Å². The number of carbonyl (C=O) groups excluding carboxylic acids is 1. The molecule has 3 rings (SSSR count). The summed E-state index contributed by atoms with van der Waals surface area (Å²) in [6, 6.07) is 9.78. The Morgan fingerprint density at radius 2 is 2.04 bits per heavy atom. The van der Waals surface area contributed by atoms with Crippen LogP contribution in [0.5, 0.6) is 5.75 Å². The Morgan fingerprint density at radius 1 is 1.25 bits per heavy atom. The summed E-state index contributed by atoms with van der Waals surface area (Å²) in [6.07, 6.45) is -4.62. The summed E-state index contributed by atoms with van der Waals surface area (Å²) < 4.78 is 44.0. The third-order valence-electron chi connectivity index (χ3n) is 3.53. The molecule has 0 saturated carbocycles. The van der Waals surface area contributed by atoms with E-state index in [0.717, 1.165) is 12.1 Å². The van der Waals surface area contributed by atoms with E-state index in [1.165, 1.54) is 10.9 Å². The third-order valence-corrected chi connectivity index (χ3v) is 3.86. The van der Waals surface area contributed by atoms with Crippen LogP contribution in [0, 0.1) is 0 Å². The molecule has 0 atom stereocenters. The first-order valence-corrected chi connectivity index (χ1v) is 8.24. The van der Waals surface area contributed by atoms with Crippen molar-refractivity contribution in [3.8, 4) is 17.1 Å². The quantitative estimate of drug-likeness (QED) is 0.694. The summed E-state index contributed by atoms with van der Waals surface area (Å²) in [5, 5.41) is 13.6. The van der Waals surface area contributed by atoms with Crippen molar-refractivity contribution in [1.82, 2.24) is 20.2 Å². The molecule has 0 aliphatic heterocycles. The van der Waals surface area contributed by atoms with Crippen molar-refractivity contribution in [1.29, 1.82) is 0 Å². The number of anilines is 1. The van der Waals surface area contributed by atoms with Crippen molar-refractivity contribution in [2.24, 2.45) is 7.05 Å². The molecule has 0 saturated heterocycles. The number of hydrogen-bond acceptors (Lipinski definition) is 5. The number of ether oxygens (including phenoxy) is 1. The summed E-state index contributed by atoms with van der Waals surface area (Å²) in [5.74, 6) is 0.129. The zero-order valence-electron chi connectivity index (χ0n) is 14.4. The van der Waals surface area contributed by atoms with Gasteiger partial charge in [0.15, 0.2) is 6.61 Å². The molecular weight excluding hydrogens is 399 g/mol. The van der Waals surface area contributed by atoms with Crippen LogP contribution in [0.2, 0.25) is 5.02 Å². The van der Waals surface area contributed by atoms with Crippen molar-refractivity contribution >= 4 is 23.2 Å². The highest BCUT2D eigenvalue weighted by molar-refractivity contribution is 6.31. The number of benzene rings is 2. The lowest BCUT2D eigenvalue weighted by molar-refractivity contribution is -0.137. The van der Waals surface area contributed by atoms with E-state index in [4.69, 9.17) is 16.3 Å². The predicted octanol–water partition coefficient (Wildman–Crippen LogP) is 3.57. The summed E-state index contributed by atoms with van der Waals surface area (Å²) in [7, 11) is 1.63. The second kappa shape index (κ2) is 7.85. The van der Waals surface area contributed by atoms with Gasteiger partial charge in [-0.15, -0.1) is 10.2 Å². The fourth-order valence-electron chi connectivity index (χ4n) is 2.29. The van der Waals surface area contributed by atoms with Crippen molar-refractivity contribution in [2.75, 3.05) is 11.9 Å². The first-order valence-electron chi connectivity index (χ1n) is 7.86. The Balaban J connectivity index is 1.64. The average molecular weight is 412 g/mol. The van der Waals surface area contributed by atoms with Crippen LogP contribution in [0.1, 0.15) is 5.56 Å². The highest BCUT2D eigenvalue weighted by Gasteiger charge is 2.33. The molecule has 0 fully saturated rings. The molecule has 0 aliphatic rings. The number of rotatable bonds is 5. The minimum atomic E-state index is -4.62. The minimum Gasteiger partial charge on any atom is -0.484 e. The van der Waals surface area contributed by atoms with Gasteiger partial charge in [0.1, 0.15) is 5.75 Å². The summed E-state index contributed by atoms with van der Waals surface area (Å²) >= 11 is 5.55. The largest absolute Gasteiger partial charge is 0.484 e. The Labute approximate surface area is 162 Å². The van der Waals surface area contributed by atoms with Crippen LogP contribution in [-0.2, 0) is 18.0 Å². The summed E-state index contributed by atoms with van der Waals surface area (Å²) in [6.45, 7) is -0.401. The molecule has 0 bridgehead atoms. The second-order valence-electron chi connectivity index (χ2n) is 5.66. The van der Waals surface area contributed by atoms with Gasteiger partial charge in [-0.25, -0.2) is 0 Å². The van der Waals surface area contributed by atoms with E-state index in [1.54, 1.807) is 31.3 Å². The molecule has 3 aromatic rings. The van der Waals surface area contributed by atoms with E-state index >= 15 is 0 Å². The maximum Gasteiger partial charge on any atom is 0.417 e. The molecule has 0 radical (unpaired) electrons. The molecule has 0 spiro atoms. The first-order chi connectivity index (χ1) is 13.2. The molecular formula is C17H13ClF3N5O2. The maximum atomic E-state index is 12.9. The number of aryl methyl sites for hydroxylation is 1. The Morgan fingerprint density at radius 3 is 2.71 bits per heavy atom. The van der Waals surface area contributed by atoms with Gasteiger partial charge in [0.25, 0.3) is 5.91 Å². The van der Waals surface area contributed by atoms with Gasteiger partial charge in [0.05, 0.1) is 17.6 Å². The number of amides is 1. The van der Waals surface area contributed by atoms with Gasteiger partial charge in [-0.05, 0) is 35.5 Å². The van der Waals surface area contributed by atoms with Gasteiger partial charge in [0.2, 0.25) is 5.82 Å². The maximum absolute atomic E-state index is 12.9. The van der Waals surface area contributed by atoms with Crippen LogP contribution in [0.15, 0.2) is 42.5 Å². The van der Waals surface area contributed by atoms with Crippen molar-refractivity contribution in [3.05, 3.63) is 53.1 Å². The van der Waals surface area contributed by atoms with Gasteiger partial charge in [-0.1, -0.05) is 23.7 Å². The number of tetrazole rings is 1. The van der Waals surface area contributed by atoms with Gasteiger partial charge >= 0.3 is 6.18 Å². The number of nitrogens with zero attached hydrogens (tertiary/aromatic N) is 4. The molecule has 1 aromatic heterocycles. The lowest BCUT2D eigenvalue weighted by Crippen LogP contribution is -2.20. The lowest BCUT2D eigenvalue weighted by atomic mass is 10.2. The average Bonchev–Trinajstić information content (AvgIpc) is 3.07. The molecule has 7 nitrogen and oxygen atoms in total. The topological polar surface area (TPSA) is 81.9 Å². The summed E-state index contributed by atoms with van der Waals surface area (Å²) in [4.78, 5) is 13.3. The molecule has 1 amide bonds. The molecule has 0 unspecified atom stereocenters. The molecule has 146 valence electrons. The Hall–Kier alpha value is -3.14. The number of halogens is 4. The highest BCUT2D eigenvalue weighted by Crippen LogP contribution is 2.36. The zero-order chi connectivity index (χ0) is 20.3. The van der Waals surface area contributed by atoms with Crippen LogP contribution in [0.4, 0.5) is 18.9 Å². The van der Waals surface area contributed by atoms with E-state index in [1.807, 2.05) is 0 Å². The van der Waals surface area contributed by atoms with Gasteiger partial charge in [0, 0.05) is 11.3 Å². The second-order valence-corrected chi connectivity index (χ2v) is 6.07. The number of carbonyl (C=O) groups is 1. The molecule has 1 heterocycles. The standard InChI is InChI=1S/C17H13ClF3N5O2/c1-26-24-16(23-25-26)10-3-2-4-12(7-10)28-9-15(27)22-11-5-6-14(18)13(8-11)17(19,20)21/h2-8H,9H2,1H3,(H,22,27). The minimum absolute atomic E-state index is 0.0390. The SMILES string of the molecule is Cn1nnc(-c2cccc(OCC(=O)Nc3ccc(Cl)c(C(F)(F)F)c3)c2)n1. The zero-order valence-corrected chi connectivity index (χ0v) is 15.1. The normalized spacial score (nSPS) is 11.3. The van der Waals surface area contributed by atoms with Crippen LogP contribution in [-0.4, -0.2) is 32.7 Å². The highest BCUT2D eigenvalue weighted by atomic mass is 35.5. The number of aromatic nitrogens is 4. The van der Waals surface area contributed by atoms with Gasteiger partial charge in [-0.2, -0.15) is 18.0 Å². The third kappa shape index (κ3) is 4.77. The molecule has 28 heavy (non-hydrogen) atoms. The molecule has 1 N–H and O–H groups in total. The monoisotopic (exact) mass is 411 g/mol. The van der Waals surface area contributed by atoms with Crippen molar-refractivity contribution in [2.45, 2.75) is 6.18 Å². The molecule has 11 heteroatoms. The fraction of sp³-hybridized carbons (Fsp3) is 0.176. The number of hydrogen-bond donors (Lipinski definition) is 1. The van der Waals surface area contributed by atoms with Crippen LogP contribution in [0.3, 0.4) is 0 Å². The van der Waals surface area contributed by atoms with E-state index in [2.05, 4.69) is 20.7 Å². The van der Waals surface area contributed by atoms with Gasteiger partial charge < -0.3 is 10.1 Å². The summed E-state index contributed by atoms with van der Waals surface area (Å²) in [5.41, 5.74) is -0.432. The first kappa shape index (κ1) is 19.6.